The molecule has 0 saturated carbocycles. The van der Waals surface area contributed by atoms with Crippen LogP contribution in [0.2, 0.25) is 0 Å². The molecule has 3 fully saturated rings. The highest BCUT2D eigenvalue weighted by molar-refractivity contribution is 5.73. The number of rotatable bonds is 10. The minimum atomic E-state index is -1.80. The third-order valence-corrected chi connectivity index (χ3v) is 7.12. The molecule has 3 aliphatic rings. The quantitative estimate of drug-likeness (QED) is 0.112. The number of carbonyl (C=O) groups is 2. The summed E-state index contributed by atoms with van der Waals surface area (Å²) in [5.41, 5.74) is 0. The minimum Gasteiger partial charge on any atom is -0.394 e. The van der Waals surface area contributed by atoms with Crippen LogP contribution in [0, 0.1) is 0 Å². The number of hydrogen-bond acceptors (Lipinski definition) is 16. The van der Waals surface area contributed by atoms with Gasteiger partial charge in [-0.15, -0.1) is 0 Å². The van der Waals surface area contributed by atoms with Crippen LogP contribution >= 0.6 is 0 Å². The first-order valence-electron chi connectivity index (χ1n) is 12.9. The van der Waals surface area contributed by atoms with Crippen molar-refractivity contribution < 1.29 is 78.9 Å². The summed E-state index contributed by atoms with van der Waals surface area (Å²) >= 11 is 0. The number of carbonyl (C=O) groups excluding carboxylic acids is 2. The SMILES string of the molecule is CO[C@H]1[C@@H](O)[C@@H](CO)O[C@@H](O[C@H]2[C@@H](O)[C@@H](CO[C@@H]3O[C@H](CO)[C@@H](O)[C@H](O)[C@H]3NC(C)=O)O[C@H](O)[C@@H]2NC(C)=O)[C@@H]1O. The van der Waals surface area contributed by atoms with E-state index in [2.05, 4.69) is 10.6 Å². The number of amides is 2. The van der Waals surface area contributed by atoms with Crippen molar-refractivity contribution >= 4 is 11.8 Å². The molecule has 0 spiro atoms. The zero-order valence-corrected chi connectivity index (χ0v) is 22.6. The van der Waals surface area contributed by atoms with E-state index in [0.717, 1.165) is 13.8 Å². The fourth-order valence-electron chi connectivity index (χ4n) is 5.02. The van der Waals surface area contributed by atoms with Crippen molar-refractivity contribution in [1.82, 2.24) is 10.6 Å². The van der Waals surface area contributed by atoms with Gasteiger partial charge in [0.1, 0.15) is 73.1 Å². The molecule has 0 aromatic rings. The van der Waals surface area contributed by atoms with Gasteiger partial charge in [0.05, 0.1) is 19.8 Å². The smallest absolute Gasteiger partial charge is 0.217 e. The molecule has 0 unspecified atom stereocenters. The first kappa shape index (κ1) is 33.9. The minimum absolute atomic E-state index is 0.570. The van der Waals surface area contributed by atoms with E-state index in [-0.39, 0.29) is 0 Å². The van der Waals surface area contributed by atoms with Crippen molar-refractivity contribution in [2.75, 3.05) is 26.9 Å². The fourth-order valence-corrected chi connectivity index (χ4v) is 5.02. The van der Waals surface area contributed by atoms with Gasteiger partial charge in [-0.2, -0.15) is 0 Å². The summed E-state index contributed by atoms with van der Waals surface area (Å²) in [6.45, 7) is 0.342. The van der Waals surface area contributed by atoms with Crippen molar-refractivity contribution in [2.24, 2.45) is 0 Å². The Morgan fingerprint density at radius 1 is 0.683 bits per heavy atom. The van der Waals surface area contributed by atoms with Crippen LogP contribution in [0.25, 0.3) is 0 Å². The molecule has 238 valence electrons. The summed E-state index contributed by atoms with van der Waals surface area (Å²) in [6, 6.07) is -2.70. The molecule has 0 bridgehead atoms. The first-order valence-corrected chi connectivity index (χ1v) is 12.9. The normalized spacial score (nSPS) is 45.2. The van der Waals surface area contributed by atoms with E-state index in [4.69, 9.17) is 28.4 Å². The Hall–Kier alpha value is -1.62. The summed E-state index contributed by atoms with van der Waals surface area (Å²) in [5.74, 6) is -1.23. The Labute approximate surface area is 234 Å². The van der Waals surface area contributed by atoms with Crippen molar-refractivity contribution in [2.45, 2.75) is 106 Å². The molecule has 0 aromatic heterocycles. The van der Waals surface area contributed by atoms with E-state index in [1.54, 1.807) is 0 Å². The van der Waals surface area contributed by atoms with Gasteiger partial charge in [0.25, 0.3) is 0 Å². The van der Waals surface area contributed by atoms with E-state index >= 15 is 0 Å². The third kappa shape index (κ3) is 7.67. The van der Waals surface area contributed by atoms with E-state index in [9.17, 15) is 50.4 Å². The molecule has 2 amide bonds. The molecule has 3 saturated heterocycles. The monoisotopic (exact) mass is 600 g/mol. The molecule has 41 heavy (non-hydrogen) atoms. The summed E-state index contributed by atoms with van der Waals surface area (Å²) in [6.07, 6.45) is -19.5. The lowest BCUT2D eigenvalue weighted by Crippen LogP contribution is -2.68. The van der Waals surface area contributed by atoms with Gasteiger partial charge < -0.3 is 79.9 Å². The average molecular weight is 601 g/mol. The Bertz CT molecular complexity index is 870. The van der Waals surface area contributed by atoms with Gasteiger partial charge in [-0.3, -0.25) is 9.59 Å². The predicted octanol–water partition coefficient (Wildman–Crippen LogP) is -6.63. The Kier molecular flexibility index (Phi) is 12.2. The highest BCUT2D eigenvalue weighted by Gasteiger charge is 2.52. The predicted molar refractivity (Wildman–Crippen MR) is 129 cm³/mol. The molecule has 3 heterocycles. The maximum Gasteiger partial charge on any atom is 0.217 e. The summed E-state index contributed by atoms with van der Waals surface area (Å²) < 4.78 is 32.9. The van der Waals surface area contributed by atoms with E-state index in [0.29, 0.717) is 0 Å². The lowest BCUT2D eigenvalue weighted by atomic mass is 9.95. The molecule has 15 atom stereocenters. The molecule has 3 rings (SSSR count). The maximum absolute atomic E-state index is 11.8. The van der Waals surface area contributed by atoms with Crippen molar-refractivity contribution in [1.29, 1.82) is 0 Å². The summed E-state index contributed by atoms with van der Waals surface area (Å²) in [7, 11) is 1.20. The van der Waals surface area contributed by atoms with Crippen LogP contribution in [-0.4, -0.2) is 172 Å². The van der Waals surface area contributed by atoms with Crippen LogP contribution in [0.4, 0.5) is 0 Å². The molecule has 3 aliphatic heterocycles. The summed E-state index contributed by atoms with van der Waals surface area (Å²) in [5, 5.41) is 87.3. The Morgan fingerprint density at radius 3 is 1.78 bits per heavy atom. The number of hydrogen-bond donors (Lipinski definition) is 10. The molecular formula is C23H40N2O16. The van der Waals surface area contributed by atoms with Gasteiger partial charge >= 0.3 is 0 Å². The van der Waals surface area contributed by atoms with Crippen LogP contribution in [0.1, 0.15) is 13.8 Å². The van der Waals surface area contributed by atoms with Crippen LogP contribution in [0.15, 0.2) is 0 Å². The highest BCUT2D eigenvalue weighted by atomic mass is 16.7. The van der Waals surface area contributed by atoms with Gasteiger partial charge in [0.15, 0.2) is 18.9 Å². The topological polar surface area (TPSA) is 275 Å². The Morgan fingerprint density at radius 2 is 1.22 bits per heavy atom. The van der Waals surface area contributed by atoms with Gasteiger partial charge in [0.2, 0.25) is 11.8 Å². The zero-order chi connectivity index (χ0) is 30.6. The number of ether oxygens (including phenoxy) is 6. The van der Waals surface area contributed by atoms with E-state index in [1.807, 2.05) is 0 Å². The van der Waals surface area contributed by atoms with Crippen LogP contribution in [0.3, 0.4) is 0 Å². The average Bonchev–Trinajstić information content (AvgIpc) is 2.91. The van der Waals surface area contributed by atoms with Crippen LogP contribution in [-0.2, 0) is 38.0 Å². The second-order valence-electron chi connectivity index (χ2n) is 10.1. The molecule has 18 heteroatoms. The van der Waals surface area contributed by atoms with Crippen LogP contribution in [0.5, 0.6) is 0 Å². The molecule has 0 aromatic carbocycles. The van der Waals surface area contributed by atoms with Crippen molar-refractivity contribution in [3.63, 3.8) is 0 Å². The number of methoxy groups -OCH3 is 1. The maximum atomic E-state index is 11.8. The van der Waals surface area contributed by atoms with Crippen molar-refractivity contribution in [3.05, 3.63) is 0 Å². The molecule has 18 nitrogen and oxygen atoms in total. The molecule has 0 aliphatic carbocycles. The first-order chi connectivity index (χ1) is 19.3. The number of aliphatic hydroxyl groups is 8. The van der Waals surface area contributed by atoms with Crippen molar-refractivity contribution in [3.8, 4) is 0 Å². The number of aliphatic hydroxyl groups excluding tert-OH is 8. The van der Waals surface area contributed by atoms with Crippen LogP contribution < -0.4 is 10.6 Å². The van der Waals surface area contributed by atoms with E-state index < -0.39 is 124 Å². The second kappa shape index (κ2) is 14.7. The molecule has 10 N–H and O–H groups in total. The molecular weight excluding hydrogens is 560 g/mol. The largest absolute Gasteiger partial charge is 0.394 e. The summed E-state index contributed by atoms with van der Waals surface area (Å²) in [4.78, 5) is 23.5. The lowest BCUT2D eigenvalue weighted by molar-refractivity contribution is -0.347. The molecule has 0 radical (unpaired) electrons. The zero-order valence-electron chi connectivity index (χ0n) is 22.6. The van der Waals surface area contributed by atoms with E-state index in [1.165, 1.54) is 7.11 Å². The lowest BCUT2D eigenvalue weighted by Gasteiger charge is -2.47. The van der Waals surface area contributed by atoms with Gasteiger partial charge in [-0.1, -0.05) is 0 Å². The second-order valence-corrected chi connectivity index (χ2v) is 10.1. The van der Waals surface area contributed by atoms with Gasteiger partial charge in [-0.05, 0) is 0 Å². The fraction of sp³-hybridized carbons (Fsp3) is 0.913. The third-order valence-electron chi connectivity index (χ3n) is 7.12. The Balaban J connectivity index is 1.80. The van der Waals surface area contributed by atoms with Gasteiger partial charge in [0, 0.05) is 21.0 Å². The standard InChI is InChI=1S/C23H40N2O16/c1-7(28)24-12-17(33)14(30)9(4-26)39-22(12)37-6-11-16(32)19(13(21(35)38-11)25-8(2)29)41-23-18(34)20(36-3)15(31)10(5-27)40-23/h9-23,26-27,30-35H,4-6H2,1-3H3,(H,24,28)(H,25,29)/t9-,10-,11-,12-,13-,14-,15+,16+,17-,18-,19-,20+,21+,22-,23+/m1/s1. The number of nitrogens with one attached hydrogen (secondary N) is 2. The van der Waals surface area contributed by atoms with Gasteiger partial charge in [-0.25, -0.2) is 0 Å². The highest BCUT2D eigenvalue weighted by Crippen LogP contribution is 2.30.